The van der Waals surface area contributed by atoms with E-state index in [4.69, 9.17) is 5.26 Å². The van der Waals surface area contributed by atoms with Crippen LogP contribution in [-0.2, 0) is 19.4 Å². The average molecular weight is 282 g/mol. The zero-order valence-corrected chi connectivity index (χ0v) is 11.9. The Balaban J connectivity index is 1.64. The summed E-state index contributed by atoms with van der Waals surface area (Å²) < 4.78 is 2.25. The van der Waals surface area contributed by atoms with Crippen molar-refractivity contribution in [1.82, 2.24) is 19.7 Å². The number of aromatic nitrogens is 4. The van der Waals surface area contributed by atoms with E-state index in [0.717, 1.165) is 31.0 Å². The number of anilines is 1. The molecule has 1 N–H and O–H groups in total. The molecule has 6 heteroatoms. The molecule has 0 aromatic carbocycles. The number of hydrogen-bond acceptors (Lipinski definition) is 5. The molecule has 0 bridgehead atoms. The number of aryl methyl sites for hydroxylation is 1. The van der Waals surface area contributed by atoms with Crippen LogP contribution in [0.4, 0.5) is 5.82 Å². The van der Waals surface area contributed by atoms with Crippen LogP contribution in [-0.4, -0.2) is 26.3 Å². The molecule has 0 amide bonds. The highest BCUT2D eigenvalue weighted by atomic mass is 15.3. The predicted octanol–water partition coefficient (Wildman–Crippen LogP) is 1.93. The molecule has 2 aromatic heterocycles. The standard InChI is InChI=1S/C15H18N6/c16-11-12-5-4-8-17-15(12)18-9-7-14-20-19-13-6-2-1-3-10-21(13)14/h4-5,8H,1-3,6-7,9-10H2,(H,17,18). The molecule has 6 nitrogen and oxygen atoms in total. The van der Waals surface area contributed by atoms with Crippen LogP contribution < -0.4 is 5.32 Å². The summed E-state index contributed by atoms with van der Waals surface area (Å²) in [6, 6.07) is 5.67. The van der Waals surface area contributed by atoms with E-state index in [-0.39, 0.29) is 0 Å². The van der Waals surface area contributed by atoms with Crippen LogP contribution in [0, 0.1) is 11.3 Å². The quantitative estimate of drug-likeness (QED) is 0.926. The van der Waals surface area contributed by atoms with Crippen molar-refractivity contribution in [1.29, 1.82) is 5.26 Å². The Morgan fingerprint density at radius 1 is 1.29 bits per heavy atom. The molecule has 0 fully saturated rings. The van der Waals surface area contributed by atoms with Gasteiger partial charge in [-0.05, 0) is 25.0 Å². The van der Waals surface area contributed by atoms with Gasteiger partial charge in [0, 0.05) is 32.1 Å². The van der Waals surface area contributed by atoms with Gasteiger partial charge >= 0.3 is 0 Å². The lowest BCUT2D eigenvalue weighted by Crippen LogP contribution is -2.12. The summed E-state index contributed by atoms with van der Waals surface area (Å²) in [4.78, 5) is 4.19. The minimum atomic E-state index is 0.567. The van der Waals surface area contributed by atoms with Crippen LogP contribution in [0.15, 0.2) is 18.3 Å². The third-order valence-electron chi connectivity index (χ3n) is 3.76. The first-order chi connectivity index (χ1) is 10.4. The van der Waals surface area contributed by atoms with Crippen LogP contribution in [0.5, 0.6) is 0 Å². The van der Waals surface area contributed by atoms with E-state index in [9.17, 15) is 0 Å². The van der Waals surface area contributed by atoms with Crippen LogP contribution in [0.1, 0.15) is 36.5 Å². The number of pyridine rings is 1. The first-order valence-electron chi connectivity index (χ1n) is 7.38. The molecule has 2 aromatic rings. The third-order valence-corrected chi connectivity index (χ3v) is 3.76. The van der Waals surface area contributed by atoms with Crippen molar-refractivity contribution in [2.45, 2.75) is 38.6 Å². The van der Waals surface area contributed by atoms with E-state index in [1.165, 1.54) is 19.3 Å². The van der Waals surface area contributed by atoms with Gasteiger partial charge in [0.05, 0.1) is 5.56 Å². The van der Waals surface area contributed by atoms with Crippen LogP contribution in [0.2, 0.25) is 0 Å². The fourth-order valence-electron chi connectivity index (χ4n) is 2.66. The third kappa shape index (κ3) is 3.02. The summed E-state index contributed by atoms with van der Waals surface area (Å²) in [7, 11) is 0. The Morgan fingerprint density at radius 3 is 3.14 bits per heavy atom. The van der Waals surface area contributed by atoms with Gasteiger partial charge in [0.1, 0.15) is 23.5 Å². The van der Waals surface area contributed by atoms with E-state index < -0.39 is 0 Å². The molecule has 21 heavy (non-hydrogen) atoms. The Morgan fingerprint density at radius 2 is 2.24 bits per heavy atom. The summed E-state index contributed by atoms with van der Waals surface area (Å²) in [6.07, 6.45) is 7.17. The molecule has 3 heterocycles. The first-order valence-corrected chi connectivity index (χ1v) is 7.38. The van der Waals surface area contributed by atoms with Crippen LogP contribution in [0.25, 0.3) is 0 Å². The zero-order chi connectivity index (χ0) is 14.5. The predicted molar refractivity (Wildman–Crippen MR) is 78.7 cm³/mol. The Hall–Kier alpha value is -2.42. The lowest BCUT2D eigenvalue weighted by atomic mass is 10.2. The molecule has 1 aliphatic rings. The number of nitrogens with zero attached hydrogens (tertiary/aromatic N) is 5. The highest BCUT2D eigenvalue weighted by molar-refractivity contribution is 5.51. The number of nitriles is 1. The van der Waals surface area contributed by atoms with Gasteiger partial charge in [0.15, 0.2) is 0 Å². The lowest BCUT2D eigenvalue weighted by Gasteiger charge is -2.08. The van der Waals surface area contributed by atoms with Gasteiger partial charge < -0.3 is 9.88 Å². The van der Waals surface area contributed by atoms with E-state index in [0.29, 0.717) is 17.9 Å². The second-order valence-electron chi connectivity index (χ2n) is 5.18. The summed E-state index contributed by atoms with van der Waals surface area (Å²) in [5, 5.41) is 20.8. The second kappa shape index (κ2) is 6.35. The fourth-order valence-corrected chi connectivity index (χ4v) is 2.66. The molecule has 0 spiro atoms. The Bertz CT molecular complexity index is 654. The van der Waals surface area contributed by atoms with Crippen molar-refractivity contribution in [3.8, 4) is 6.07 Å². The second-order valence-corrected chi connectivity index (χ2v) is 5.18. The summed E-state index contributed by atoms with van der Waals surface area (Å²) in [5.74, 6) is 2.77. The van der Waals surface area contributed by atoms with Gasteiger partial charge in [-0.2, -0.15) is 5.26 Å². The van der Waals surface area contributed by atoms with Gasteiger partial charge in [-0.1, -0.05) is 6.42 Å². The molecule has 0 saturated heterocycles. The molecule has 3 rings (SSSR count). The van der Waals surface area contributed by atoms with Crippen molar-refractivity contribution in [2.24, 2.45) is 0 Å². The van der Waals surface area contributed by atoms with Crippen LogP contribution >= 0.6 is 0 Å². The minimum Gasteiger partial charge on any atom is -0.369 e. The maximum Gasteiger partial charge on any atom is 0.143 e. The van der Waals surface area contributed by atoms with Gasteiger partial charge in [-0.3, -0.25) is 0 Å². The minimum absolute atomic E-state index is 0.567. The lowest BCUT2D eigenvalue weighted by molar-refractivity contribution is 0.606. The molecular weight excluding hydrogens is 264 g/mol. The SMILES string of the molecule is N#Cc1cccnc1NCCc1nnc2n1CCCCC2. The van der Waals surface area contributed by atoms with Crippen molar-refractivity contribution in [2.75, 3.05) is 11.9 Å². The molecule has 108 valence electrons. The number of rotatable bonds is 4. The average Bonchev–Trinajstić information content (AvgIpc) is 2.75. The Kier molecular flexibility index (Phi) is 4.10. The smallest absolute Gasteiger partial charge is 0.143 e. The topological polar surface area (TPSA) is 79.4 Å². The Labute approximate surface area is 123 Å². The van der Waals surface area contributed by atoms with E-state index in [1.807, 2.05) is 0 Å². The number of hydrogen-bond donors (Lipinski definition) is 1. The van der Waals surface area contributed by atoms with Crippen molar-refractivity contribution >= 4 is 5.82 Å². The normalized spacial score (nSPS) is 14.0. The molecule has 0 saturated carbocycles. The highest BCUT2D eigenvalue weighted by Gasteiger charge is 2.14. The molecule has 1 aliphatic heterocycles. The van der Waals surface area contributed by atoms with Gasteiger partial charge in [-0.15, -0.1) is 10.2 Å². The molecular formula is C15H18N6. The summed E-state index contributed by atoms with van der Waals surface area (Å²) in [6.45, 7) is 1.72. The van der Waals surface area contributed by atoms with Crippen molar-refractivity contribution in [3.05, 3.63) is 35.5 Å². The van der Waals surface area contributed by atoms with Crippen LogP contribution in [0.3, 0.4) is 0 Å². The molecule has 0 aliphatic carbocycles. The largest absolute Gasteiger partial charge is 0.369 e. The monoisotopic (exact) mass is 282 g/mol. The van der Waals surface area contributed by atoms with Crippen molar-refractivity contribution in [3.63, 3.8) is 0 Å². The van der Waals surface area contributed by atoms with E-state index >= 15 is 0 Å². The summed E-state index contributed by atoms with van der Waals surface area (Å²) >= 11 is 0. The van der Waals surface area contributed by atoms with Gasteiger partial charge in [-0.25, -0.2) is 4.98 Å². The fraction of sp³-hybridized carbons (Fsp3) is 0.467. The zero-order valence-electron chi connectivity index (χ0n) is 11.9. The number of fused-ring (bicyclic) bond motifs is 1. The first kappa shape index (κ1) is 13.6. The van der Waals surface area contributed by atoms with Gasteiger partial charge in [0.25, 0.3) is 0 Å². The van der Waals surface area contributed by atoms with Crippen molar-refractivity contribution < 1.29 is 0 Å². The molecule has 0 radical (unpaired) electrons. The maximum atomic E-state index is 9.03. The molecule has 0 atom stereocenters. The highest BCUT2D eigenvalue weighted by Crippen LogP contribution is 2.15. The van der Waals surface area contributed by atoms with Gasteiger partial charge in [0.2, 0.25) is 0 Å². The maximum absolute atomic E-state index is 9.03. The summed E-state index contributed by atoms with van der Waals surface area (Å²) in [5.41, 5.74) is 0.567. The van der Waals surface area contributed by atoms with E-state index in [1.54, 1.807) is 18.3 Å². The van der Waals surface area contributed by atoms with E-state index in [2.05, 4.69) is 31.1 Å². The number of nitrogens with one attached hydrogen (secondary N) is 1. The molecule has 0 unspecified atom stereocenters.